The molecule has 0 bridgehead atoms. The second-order valence-electron chi connectivity index (χ2n) is 4.66. The molecule has 18 heavy (non-hydrogen) atoms. The van der Waals surface area contributed by atoms with E-state index in [0.717, 1.165) is 12.3 Å². The van der Waals surface area contributed by atoms with Crippen LogP contribution in [0.3, 0.4) is 0 Å². The third kappa shape index (κ3) is 4.48. The third-order valence-corrected chi connectivity index (χ3v) is 1.88. The molecule has 0 aliphatic heterocycles. The van der Waals surface area contributed by atoms with E-state index in [0.29, 0.717) is 6.29 Å². The van der Waals surface area contributed by atoms with Gasteiger partial charge in [0.15, 0.2) is 0 Å². The first-order valence-electron chi connectivity index (χ1n) is 5.38. The largest absolute Gasteiger partial charge is 0.444 e. The molecule has 0 fully saturated rings. The highest BCUT2D eigenvalue weighted by atomic mass is 19.1. The van der Waals surface area contributed by atoms with E-state index in [4.69, 9.17) is 4.74 Å². The van der Waals surface area contributed by atoms with Gasteiger partial charge in [0, 0.05) is 0 Å². The first-order valence-corrected chi connectivity index (χ1v) is 5.38. The van der Waals surface area contributed by atoms with Crippen LogP contribution in [0.25, 0.3) is 0 Å². The molecule has 1 rings (SSSR count). The molecular weight excluding hydrogens is 239 g/mol. The summed E-state index contributed by atoms with van der Waals surface area (Å²) in [6.45, 7) is 5.12. The van der Waals surface area contributed by atoms with Crippen molar-refractivity contribution in [3.05, 3.63) is 29.8 Å². The highest BCUT2D eigenvalue weighted by Crippen LogP contribution is 2.11. The minimum Gasteiger partial charge on any atom is -0.444 e. The van der Waals surface area contributed by atoms with Gasteiger partial charge in [0.1, 0.15) is 23.7 Å². The van der Waals surface area contributed by atoms with Gasteiger partial charge in [0.05, 0.1) is 11.9 Å². The van der Waals surface area contributed by atoms with Crippen molar-refractivity contribution in [1.29, 1.82) is 0 Å². The molecule has 1 heterocycles. The average molecular weight is 254 g/mol. The Balaban J connectivity index is 2.71. The molecule has 0 saturated carbocycles. The number of nitrogens with one attached hydrogen (secondary N) is 1. The molecular formula is C12H15FN2O3. The van der Waals surface area contributed by atoms with Gasteiger partial charge in [0.2, 0.25) is 0 Å². The Morgan fingerprint density at radius 3 is 2.61 bits per heavy atom. The van der Waals surface area contributed by atoms with Crippen LogP contribution in [0, 0.1) is 5.82 Å². The maximum atomic E-state index is 12.7. The molecule has 0 spiro atoms. The molecule has 0 aliphatic carbocycles. The average Bonchev–Trinajstić information content (AvgIpc) is 2.25. The molecule has 0 aliphatic rings. The van der Waals surface area contributed by atoms with Crippen molar-refractivity contribution in [2.45, 2.75) is 32.4 Å². The van der Waals surface area contributed by atoms with E-state index < -0.39 is 23.6 Å². The van der Waals surface area contributed by atoms with Crippen molar-refractivity contribution in [3.8, 4) is 0 Å². The maximum Gasteiger partial charge on any atom is 0.408 e. The predicted molar refractivity (Wildman–Crippen MR) is 62.4 cm³/mol. The Kier molecular flexibility index (Phi) is 4.36. The predicted octanol–water partition coefficient (Wildman–Crippen LogP) is 1.99. The molecule has 98 valence electrons. The number of alkyl carbamates (subject to hydrolysis) is 1. The Labute approximate surface area is 104 Å². The zero-order valence-electron chi connectivity index (χ0n) is 10.4. The van der Waals surface area contributed by atoms with E-state index in [2.05, 4.69) is 10.3 Å². The lowest BCUT2D eigenvalue weighted by Crippen LogP contribution is -2.35. The first-order chi connectivity index (χ1) is 8.31. The van der Waals surface area contributed by atoms with Crippen LogP contribution in [0.1, 0.15) is 32.5 Å². The molecule has 0 radical (unpaired) electrons. The van der Waals surface area contributed by atoms with Crippen molar-refractivity contribution < 1.29 is 18.7 Å². The number of ether oxygens (including phenoxy) is 1. The van der Waals surface area contributed by atoms with Crippen molar-refractivity contribution in [2.24, 2.45) is 0 Å². The summed E-state index contributed by atoms with van der Waals surface area (Å²) in [7, 11) is 0. The van der Waals surface area contributed by atoms with Gasteiger partial charge >= 0.3 is 6.09 Å². The van der Waals surface area contributed by atoms with Crippen molar-refractivity contribution >= 4 is 12.4 Å². The lowest BCUT2D eigenvalue weighted by molar-refractivity contribution is -0.109. The highest BCUT2D eigenvalue weighted by Gasteiger charge is 2.20. The second-order valence-corrected chi connectivity index (χ2v) is 4.66. The minimum absolute atomic E-state index is 0.247. The van der Waals surface area contributed by atoms with Gasteiger partial charge in [-0.2, -0.15) is 0 Å². The van der Waals surface area contributed by atoms with Crippen LogP contribution in [-0.4, -0.2) is 23.0 Å². The second kappa shape index (κ2) is 5.57. The van der Waals surface area contributed by atoms with E-state index >= 15 is 0 Å². The van der Waals surface area contributed by atoms with Gasteiger partial charge in [0.25, 0.3) is 0 Å². The van der Waals surface area contributed by atoms with Crippen LogP contribution < -0.4 is 5.32 Å². The Morgan fingerprint density at radius 1 is 1.50 bits per heavy atom. The summed E-state index contributed by atoms with van der Waals surface area (Å²) in [6, 6.07) is 1.53. The molecule has 1 N–H and O–H groups in total. The van der Waals surface area contributed by atoms with Crippen LogP contribution >= 0.6 is 0 Å². The van der Waals surface area contributed by atoms with Gasteiger partial charge in [-0.05, 0) is 32.9 Å². The molecule has 1 unspecified atom stereocenters. The Morgan fingerprint density at radius 2 is 2.17 bits per heavy atom. The van der Waals surface area contributed by atoms with Crippen LogP contribution in [0.5, 0.6) is 0 Å². The van der Waals surface area contributed by atoms with Crippen LogP contribution in [0.2, 0.25) is 0 Å². The highest BCUT2D eigenvalue weighted by molar-refractivity contribution is 5.74. The lowest BCUT2D eigenvalue weighted by Gasteiger charge is -2.21. The standard InChI is InChI=1S/C12H15FN2O3/c1-12(2,3)18-11(17)15-10(7-16)9-5-4-8(13)6-14-9/h4-7,10H,1-3H3,(H,15,17). The number of hydrogen-bond donors (Lipinski definition) is 1. The van der Waals surface area contributed by atoms with Gasteiger partial charge in [-0.3, -0.25) is 4.98 Å². The fourth-order valence-electron chi connectivity index (χ4n) is 1.18. The molecule has 6 heteroatoms. The van der Waals surface area contributed by atoms with Crippen molar-refractivity contribution in [2.75, 3.05) is 0 Å². The van der Waals surface area contributed by atoms with Crippen LogP contribution in [0.4, 0.5) is 9.18 Å². The van der Waals surface area contributed by atoms with E-state index in [1.165, 1.54) is 6.07 Å². The van der Waals surface area contributed by atoms with Crippen LogP contribution in [0.15, 0.2) is 18.3 Å². The molecule has 1 aromatic rings. The summed E-state index contributed by atoms with van der Waals surface area (Å²) in [5.74, 6) is -0.513. The number of aromatic nitrogens is 1. The van der Waals surface area contributed by atoms with Gasteiger partial charge < -0.3 is 14.8 Å². The number of nitrogens with zero attached hydrogens (tertiary/aromatic N) is 1. The van der Waals surface area contributed by atoms with Crippen molar-refractivity contribution in [1.82, 2.24) is 10.3 Å². The number of carbonyl (C=O) groups is 2. The van der Waals surface area contributed by atoms with E-state index in [9.17, 15) is 14.0 Å². The molecule has 0 aromatic carbocycles. The lowest BCUT2D eigenvalue weighted by atomic mass is 10.2. The Hall–Kier alpha value is -1.98. The summed E-state index contributed by atoms with van der Waals surface area (Å²) >= 11 is 0. The number of aldehydes is 1. The number of amides is 1. The molecule has 1 atom stereocenters. The number of carbonyl (C=O) groups excluding carboxylic acids is 2. The summed E-state index contributed by atoms with van der Waals surface area (Å²) in [5, 5.41) is 2.34. The monoisotopic (exact) mass is 254 g/mol. The van der Waals surface area contributed by atoms with E-state index in [1.54, 1.807) is 20.8 Å². The molecule has 1 amide bonds. The SMILES string of the molecule is CC(C)(C)OC(=O)NC(C=O)c1ccc(F)cn1. The normalized spacial score (nSPS) is 12.7. The number of pyridine rings is 1. The zero-order valence-corrected chi connectivity index (χ0v) is 10.4. The zero-order chi connectivity index (χ0) is 13.8. The van der Waals surface area contributed by atoms with Gasteiger partial charge in [-0.15, -0.1) is 0 Å². The summed E-state index contributed by atoms with van der Waals surface area (Å²) in [6.07, 6.45) is 0.748. The molecule has 0 saturated heterocycles. The van der Waals surface area contributed by atoms with E-state index in [1.807, 2.05) is 0 Å². The topological polar surface area (TPSA) is 68.3 Å². The maximum absolute atomic E-state index is 12.7. The van der Waals surface area contributed by atoms with Gasteiger partial charge in [-0.25, -0.2) is 9.18 Å². The summed E-state index contributed by atoms with van der Waals surface area (Å²) < 4.78 is 17.7. The first kappa shape index (κ1) is 14.1. The molecule has 5 nitrogen and oxygen atoms in total. The number of halogens is 1. The van der Waals surface area contributed by atoms with Gasteiger partial charge in [-0.1, -0.05) is 0 Å². The smallest absolute Gasteiger partial charge is 0.408 e. The van der Waals surface area contributed by atoms with E-state index in [-0.39, 0.29) is 5.69 Å². The number of hydrogen-bond acceptors (Lipinski definition) is 4. The third-order valence-electron chi connectivity index (χ3n) is 1.88. The fourth-order valence-corrected chi connectivity index (χ4v) is 1.18. The minimum atomic E-state index is -0.958. The summed E-state index contributed by atoms with van der Waals surface area (Å²) in [5.41, 5.74) is -0.412. The Bertz CT molecular complexity index is 426. The number of rotatable bonds is 3. The van der Waals surface area contributed by atoms with Crippen molar-refractivity contribution in [3.63, 3.8) is 0 Å². The fraction of sp³-hybridized carbons (Fsp3) is 0.417. The quantitative estimate of drug-likeness (QED) is 0.837. The van der Waals surface area contributed by atoms with Crippen LogP contribution in [-0.2, 0) is 9.53 Å². The summed E-state index contributed by atoms with van der Waals surface area (Å²) in [4.78, 5) is 26.1. The molecule has 1 aromatic heterocycles.